The van der Waals surface area contributed by atoms with Gasteiger partial charge in [0.15, 0.2) is 11.5 Å². The molecule has 1 aromatic carbocycles. The number of amides is 2. The van der Waals surface area contributed by atoms with E-state index in [2.05, 4.69) is 10.9 Å². The van der Waals surface area contributed by atoms with E-state index in [-0.39, 0.29) is 5.91 Å². The fourth-order valence-electron chi connectivity index (χ4n) is 2.41. The molecular formula is C17H18N2O4S. The molecule has 6 nitrogen and oxygen atoms in total. The van der Waals surface area contributed by atoms with Gasteiger partial charge in [-0.3, -0.25) is 20.4 Å². The predicted octanol–water partition coefficient (Wildman–Crippen LogP) is 2.46. The molecule has 0 saturated heterocycles. The minimum atomic E-state index is -0.413. The van der Waals surface area contributed by atoms with Gasteiger partial charge >= 0.3 is 0 Å². The second-order valence-corrected chi connectivity index (χ2v) is 6.47. The maximum atomic E-state index is 12.2. The highest BCUT2D eigenvalue weighted by Crippen LogP contribution is 2.30. The van der Waals surface area contributed by atoms with Crippen LogP contribution in [0.3, 0.4) is 0 Å². The Kier molecular flexibility index (Phi) is 4.71. The molecule has 7 heteroatoms. The van der Waals surface area contributed by atoms with Gasteiger partial charge in [0, 0.05) is 10.4 Å². The SMILES string of the molecule is CCc1sc(C(=O)NNC(=O)c2ccc3c(c2)OCCO3)cc1C. The highest BCUT2D eigenvalue weighted by atomic mass is 32.1. The van der Waals surface area contributed by atoms with E-state index in [9.17, 15) is 9.59 Å². The number of rotatable bonds is 3. The number of benzene rings is 1. The van der Waals surface area contributed by atoms with Gasteiger partial charge in [-0.1, -0.05) is 6.92 Å². The summed E-state index contributed by atoms with van der Waals surface area (Å²) in [5.41, 5.74) is 6.34. The molecule has 0 aliphatic carbocycles. The Morgan fingerprint density at radius 3 is 2.50 bits per heavy atom. The molecular weight excluding hydrogens is 328 g/mol. The zero-order valence-electron chi connectivity index (χ0n) is 13.5. The van der Waals surface area contributed by atoms with Crippen molar-refractivity contribution in [2.45, 2.75) is 20.3 Å². The first kappa shape index (κ1) is 16.3. The van der Waals surface area contributed by atoms with Crippen LogP contribution in [0.2, 0.25) is 0 Å². The summed E-state index contributed by atoms with van der Waals surface area (Å²) in [5.74, 6) is 0.405. The van der Waals surface area contributed by atoms with E-state index in [1.54, 1.807) is 18.2 Å². The molecule has 1 aromatic heterocycles. The lowest BCUT2D eigenvalue weighted by Crippen LogP contribution is -2.41. The quantitative estimate of drug-likeness (QED) is 0.837. The molecule has 2 amide bonds. The first-order valence-electron chi connectivity index (χ1n) is 7.68. The van der Waals surface area contributed by atoms with E-state index < -0.39 is 5.91 Å². The Balaban J connectivity index is 1.63. The first-order valence-corrected chi connectivity index (χ1v) is 8.49. The second-order valence-electron chi connectivity index (χ2n) is 5.34. The number of carbonyl (C=O) groups is 2. The van der Waals surface area contributed by atoms with Gasteiger partial charge in [-0.2, -0.15) is 0 Å². The Morgan fingerprint density at radius 1 is 1.08 bits per heavy atom. The molecule has 2 N–H and O–H groups in total. The zero-order chi connectivity index (χ0) is 17.1. The number of carbonyl (C=O) groups excluding carboxylic acids is 2. The minimum absolute atomic E-state index is 0.325. The molecule has 0 bridgehead atoms. The van der Waals surface area contributed by atoms with Crippen molar-refractivity contribution >= 4 is 23.2 Å². The fraction of sp³-hybridized carbons (Fsp3) is 0.294. The monoisotopic (exact) mass is 346 g/mol. The molecule has 0 atom stereocenters. The van der Waals surface area contributed by atoms with E-state index in [4.69, 9.17) is 9.47 Å². The number of hydrogen-bond acceptors (Lipinski definition) is 5. The van der Waals surface area contributed by atoms with Crippen LogP contribution in [-0.2, 0) is 6.42 Å². The van der Waals surface area contributed by atoms with Crippen molar-refractivity contribution < 1.29 is 19.1 Å². The van der Waals surface area contributed by atoms with E-state index in [0.717, 1.165) is 12.0 Å². The summed E-state index contributed by atoms with van der Waals surface area (Å²) in [6, 6.07) is 6.73. The summed E-state index contributed by atoms with van der Waals surface area (Å²) in [4.78, 5) is 26.1. The zero-order valence-corrected chi connectivity index (χ0v) is 14.3. The van der Waals surface area contributed by atoms with Gasteiger partial charge in [0.25, 0.3) is 11.8 Å². The molecule has 0 radical (unpaired) electrons. The largest absolute Gasteiger partial charge is 0.486 e. The molecule has 24 heavy (non-hydrogen) atoms. The van der Waals surface area contributed by atoms with Gasteiger partial charge in [-0.05, 0) is 43.2 Å². The van der Waals surface area contributed by atoms with Crippen LogP contribution < -0.4 is 20.3 Å². The van der Waals surface area contributed by atoms with Crippen LogP contribution in [0.4, 0.5) is 0 Å². The Labute approximate surface area is 143 Å². The third-order valence-corrected chi connectivity index (χ3v) is 5.04. The number of ether oxygens (including phenoxy) is 2. The molecule has 2 aromatic rings. The van der Waals surface area contributed by atoms with Gasteiger partial charge in [0.05, 0.1) is 4.88 Å². The third kappa shape index (κ3) is 3.35. The normalized spacial score (nSPS) is 12.6. The van der Waals surface area contributed by atoms with Crippen LogP contribution >= 0.6 is 11.3 Å². The van der Waals surface area contributed by atoms with Crippen molar-refractivity contribution in [3.05, 3.63) is 45.1 Å². The molecule has 0 saturated carbocycles. The summed E-state index contributed by atoms with van der Waals surface area (Å²) < 4.78 is 10.9. The molecule has 0 spiro atoms. The van der Waals surface area contributed by atoms with E-state index >= 15 is 0 Å². The van der Waals surface area contributed by atoms with Gasteiger partial charge < -0.3 is 9.47 Å². The maximum Gasteiger partial charge on any atom is 0.279 e. The molecule has 1 aliphatic rings. The van der Waals surface area contributed by atoms with E-state index in [0.29, 0.717) is 35.2 Å². The highest BCUT2D eigenvalue weighted by Gasteiger charge is 2.16. The highest BCUT2D eigenvalue weighted by molar-refractivity contribution is 7.14. The standard InChI is InChI=1S/C17H18N2O4S/c1-3-14-10(2)8-15(24-14)17(21)19-18-16(20)11-4-5-12-13(9-11)23-7-6-22-12/h4-5,8-9H,3,6-7H2,1-2H3,(H,18,20)(H,19,21). The second kappa shape index (κ2) is 6.92. The van der Waals surface area contributed by atoms with Gasteiger partial charge in [-0.25, -0.2) is 0 Å². The Hall–Kier alpha value is -2.54. The smallest absolute Gasteiger partial charge is 0.279 e. The average molecular weight is 346 g/mol. The van der Waals surface area contributed by atoms with Crippen molar-refractivity contribution in [2.75, 3.05) is 13.2 Å². The number of aryl methyl sites for hydroxylation is 2. The minimum Gasteiger partial charge on any atom is -0.486 e. The Morgan fingerprint density at radius 2 is 1.79 bits per heavy atom. The lowest BCUT2D eigenvalue weighted by atomic mass is 10.2. The van der Waals surface area contributed by atoms with Crippen LogP contribution in [-0.4, -0.2) is 25.0 Å². The summed E-state index contributed by atoms with van der Waals surface area (Å²) in [6.45, 7) is 4.96. The molecule has 3 rings (SSSR count). The van der Waals surface area contributed by atoms with Crippen molar-refractivity contribution in [2.24, 2.45) is 0 Å². The lowest BCUT2D eigenvalue weighted by Gasteiger charge is -2.18. The van der Waals surface area contributed by atoms with E-state index in [1.165, 1.54) is 16.2 Å². The Bertz CT molecular complexity index is 785. The number of fused-ring (bicyclic) bond motifs is 1. The average Bonchev–Trinajstić information content (AvgIpc) is 2.99. The fourth-order valence-corrected chi connectivity index (χ4v) is 3.42. The summed E-state index contributed by atoms with van der Waals surface area (Å²) in [7, 11) is 0. The summed E-state index contributed by atoms with van der Waals surface area (Å²) in [5, 5.41) is 0. The molecule has 0 unspecified atom stereocenters. The molecule has 126 valence electrons. The summed E-state index contributed by atoms with van der Waals surface area (Å²) in [6.07, 6.45) is 0.882. The predicted molar refractivity (Wildman–Crippen MR) is 90.8 cm³/mol. The molecule has 1 aliphatic heterocycles. The van der Waals surface area contributed by atoms with Crippen LogP contribution in [0.1, 0.15) is 37.4 Å². The lowest BCUT2D eigenvalue weighted by molar-refractivity contribution is 0.0848. The number of thiophene rings is 1. The number of hydrogen-bond donors (Lipinski definition) is 2. The number of nitrogens with one attached hydrogen (secondary N) is 2. The van der Waals surface area contributed by atoms with Crippen molar-refractivity contribution in [1.29, 1.82) is 0 Å². The number of hydrazine groups is 1. The molecule has 2 heterocycles. The van der Waals surface area contributed by atoms with Crippen molar-refractivity contribution in [3.63, 3.8) is 0 Å². The van der Waals surface area contributed by atoms with Crippen LogP contribution in [0, 0.1) is 6.92 Å². The molecule has 0 fully saturated rings. The van der Waals surface area contributed by atoms with Crippen LogP contribution in [0.25, 0.3) is 0 Å². The van der Waals surface area contributed by atoms with Gasteiger partial charge in [0.1, 0.15) is 13.2 Å². The maximum absolute atomic E-state index is 12.2. The van der Waals surface area contributed by atoms with Crippen LogP contribution in [0.15, 0.2) is 24.3 Å². The first-order chi connectivity index (χ1) is 11.6. The topological polar surface area (TPSA) is 76.7 Å². The van der Waals surface area contributed by atoms with Crippen molar-refractivity contribution in [1.82, 2.24) is 10.9 Å². The van der Waals surface area contributed by atoms with Crippen LogP contribution in [0.5, 0.6) is 11.5 Å². The third-order valence-electron chi connectivity index (χ3n) is 3.66. The van der Waals surface area contributed by atoms with E-state index in [1.807, 2.05) is 19.9 Å². The van der Waals surface area contributed by atoms with Gasteiger partial charge in [-0.15, -0.1) is 11.3 Å². The van der Waals surface area contributed by atoms with Gasteiger partial charge in [0.2, 0.25) is 0 Å². The summed E-state index contributed by atoms with van der Waals surface area (Å²) >= 11 is 1.43. The van der Waals surface area contributed by atoms with Crippen molar-refractivity contribution in [3.8, 4) is 11.5 Å².